The lowest BCUT2D eigenvalue weighted by Crippen LogP contribution is -2.30. The Bertz CT molecular complexity index is 867. The maximum absolute atomic E-state index is 12.8. The first-order valence-electron chi connectivity index (χ1n) is 7.76. The maximum Gasteiger partial charge on any atom is 0.416 e. The molecule has 0 radical (unpaired) electrons. The predicted molar refractivity (Wildman–Crippen MR) is 85.3 cm³/mol. The summed E-state index contributed by atoms with van der Waals surface area (Å²) < 4.78 is 43.6. The van der Waals surface area contributed by atoms with Gasteiger partial charge in [-0.1, -0.05) is 6.92 Å². The van der Waals surface area contributed by atoms with E-state index in [0.717, 1.165) is 29.2 Å². The summed E-state index contributed by atoms with van der Waals surface area (Å²) in [6.45, 7) is 1.58. The second-order valence-electron chi connectivity index (χ2n) is 5.68. The number of aliphatic hydroxyl groups excluding tert-OH is 1. The number of halogens is 3. The molecule has 1 N–H and O–H groups in total. The first-order chi connectivity index (χ1) is 12.3. The number of aliphatic hydroxyl groups is 1. The Morgan fingerprint density at radius 2 is 1.88 bits per heavy atom. The highest BCUT2D eigenvalue weighted by atomic mass is 19.4. The Balaban J connectivity index is 2.08. The lowest BCUT2D eigenvalue weighted by molar-refractivity contribution is -0.137. The second kappa shape index (κ2) is 6.36. The van der Waals surface area contributed by atoms with Crippen molar-refractivity contribution < 1.29 is 32.3 Å². The normalized spacial score (nSPS) is 17.9. The smallest absolute Gasteiger partial charge is 0.416 e. The number of alkyl halides is 3. The van der Waals surface area contributed by atoms with Gasteiger partial charge in [-0.05, 0) is 36.4 Å². The van der Waals surface area contributed by atoms with Crippen molar-refractivity contribution in [1.29, 1.82) is 0 Å². The summed E-state index contributed by atoms with van der Waals surface area (Å²) in [7, 11) is 0. The number of hydrogen-bond acceptors (Lipinski definition) is 4. The number of benzene rings is 1. The van der Waals surface area contributed by atoms with Gasteiger partial charge in [0, 0.05) is 12.1 Å². The van der Waals surface area contributed by atoms with E-state index in [1.54, 1.807) is 13.0 Å². The number of ketones is 1. The molecule has 1 unspecified atom stereocenters. The fourth-order valence-corrected chi connectivity index (χ4v) is 2.87. The summed E-state index contributed by atoms with van der Waals surface area (Å²) in [5.74, 6) is -1.83. The van der Waals surface area contributed by atoms with E-state index in [2.05, 4.69) is 0 Å². The van der Waals surface area contributed by atoms with Crippen molar-refractivity contribution in [2.75, 3.05) is 4.90 Å². The van der Waals surface area contributed by atoms with Crippen LogP contribution in [0.5, 0.6) is 0 Å². The molecule has 1 amide bonds. The number of amides is 1. The van der Waals surface area contributed by atoms with E-state index >= 15 is 0 Å². The zero-order valence-electron chi connectivity index (χ0n) is 13.6. The van der Waals surface area contributed by atoms with Gasteiger partial charge in [-0.3, -0.25) is 14.5 Å². The van der Waals surface area contributed by atoms with Gasteiger partial charge in [0.2, 0.25) is 0 Å². The molecular formula is C18H14F3NO4. The Morgan fingerprint density at radius 3 is 2.38 bits per heavy atom. The molecule has 5 nitrogen and oxygen atoms in total. The molecule has 1 aromatic carbocycles. The van der Waals surface area contributed by atoms with Crippen molar-refractivity contribution in [2.45, 2.75) is 25.6 Å². The third kappa shape index (κ3) is 2.87. The number of hydrogen-bond donors (Lipinski definition) is 1. The number of carbonyl (C=O) groups is 2. The minimum absolute atomic E-state index is 0.0464. The van der Waals surface area contributed by atoms with E-state index in [-0.39, 0.29) is 23.4 Å². The van der Waals surface area contributed by atoms with Gasteiger partial charge in [0.15, 0.2) is 11.5 Å². The van der Waals surface area contributed by atoms with Crippen LogP contribution in [0.25, 0.3) is 0 Å². The van der Waals surface area contributed by atoms with E-state index in [4.69, 9.17) is 4.42 Å². The standard InChI is InChI=1S/C18H14F3NO4/c1-2-12(23)14-15(13-4-3-9-26-13)22(17(25)16(14)24)11-7-5-10(6-8-11)18(19,20)21/h3-9,15,24H,2H2,1H3. The van der Waals surface area contributed by atoms with Crippen LogP contribution in [0.1, 0.15) is 30.7 Å². The Morgan fingerprint density at radius 1 is 1.23 bits per heavy atom. The molecule has 26 heavy (non-hydrogen) atoms. The van der Waals surface area contributed by atoms with Crippen molar-refractivity contribution >= 4 is 17.4 Å². The summed E-state index contributed by atoms with van der Waals surface area (Å²) >= 11 is 0. The molecule has 1 atom stereocenters. The molecule has 1 aliphatic rings. The molecule has 1 aliphatic heterocycles. The van der Waals surface area contributed by atoms with E-state index in [1.807, 2.05) is 0 Å². The Labute approximate surface area is 146 Å². The average molecular weight is 365 g/mol. The monoisotopic (exact) mass is 365 g/mol. The average Bonchev–Trinajstić information content (AvgIpc) is 3.21. The van der Waals surface area contributed by atoms with Crippen LogP contribution in [0.2, 0.25) is 0 Å². The summed E-state index contributed by atoms with van der Waals surface area (Å²) in [4.78, 5) is 25.8. The summed E-state index contributed by atoms with van der Waals surface area (Å²) in [6.07, 6.45) is -3.13. The molecule has 1 aromatic heterocycles. The Hall–Kier alpha value is -3.03. The van der Waals surface area contributed by atoms with E-state index < -0.39 is 35.2 Å². The number of Topliss-reactive ketones (excluding diaryl/α,β-unsaturated/α-hetero) is 1. The van der Waals surface area contributed by atoms with Crippen LogP contribution < -0.4 is 4.90 Å². The molecule has 0 saturated carbocycles. The molecule has 0 fully saturated rings. The van der Waals surface area contributed by atoms with Gasteiger partial charge in [-0.15, -0.1) is 0 Å². The number of furan rings is 1. The van der Waals surface area contributed by atoms with E-state index in [1.165, 1.54) is 12.3 Å². The van der Waals surface area contributed by atoms with Crippen LogP contribution in [0.4, 0.5) is 18.9 Å². The predicted octanol–water partition coefficient (Wildman–Crippen LogP) is 4.18. The first kappa shape index (κ1) is 17.8. The number of rotatable bonds is 4. The van der Waals surface area contributed by atoms with Gasteiger partial charge in [-0.25, -0.2) is 0 Å². The van der Waals surface area contributed by atoms with Crippen LogP contribution in [0.15, 0.2) is 58.4 Å². The molecule has 0 saturated heterocycles. The van der Waals surface area contributed by atoms with Crippen LogP contribution in [-0.2, 0) is 15.8 Å². The van der Waals surface area contributed by atoms with Crippen LogP contribution in [0.3, 0.4) is 0 Å². The van der Waals surface area contributed by atoms with Gasteiger partial charge in [0.05, 0.1) is 17.4 Å². The van der Waals surface area contributed by atoms with Crippen molar-refractivity contribution in [3.8, 4) is 0 Å². The minimum atomic E-state index is -4.52. The molecule has 0 spiro atoms. The highest BCUT2D eigenvalue weighted by Crippen LogP contribution is 2.42. The van der Waals surface area contributed by atoms with E-state index in [0.29, 0.717) is 0 Å². The van der Waals surface area contributed by atoms with Crippen LogP contribution in [0, 0.1) is 0 Å². The van der Waals surface area contributed by atoms with Gasteiger partial charge >= 0.3 is 6.18 Å². The molecule has 8 heteroatoms. The molecule has 2 heterocycles. The van der Waals surface area contributed by atoms with Gasteiger partial charge in [-0.2, -0.15) is 13.2 Å². The van der Waals surface area contributed by atoms with Crippen molar-refractivity contribution in [1.82, 2.24) is 0 Å². The van der Waals surface area contributed by atoms with Gasteiger partial charge in [0.1, 0.15) is 11.8 Å². The highest BCUT2D eigenvalue weighted by Gasteiger charge is 2.45. The zero-order valence-corrected chi connectivity index (χ0v) is 13.6. The zero-order chi connectivity index (χ0) is 19.1. The highest BCUT2D eigenvalue weighted by molar-refractivity contribution is 6.16. The third-order valence-electron chi connectivity index (χ3n) is 4.12. The SMILES string of the molecule is CCC(=O)C1=C(O)C(=O)N(c2ccc(C(F)(F)F)cc2)C1c1ccco1. The van der Waals surface area contributed by atoms with Gasteiger partial charge < -0.3 is 9.52 Å². The van der Waals surface area contributed by atoms with Crippen molar-refractivity contribution in [3.63, 3.8) is 0 Å². The summed E-state index contributed by atoms with van der Waals surface area (Å²) in [5.41, 5.74) is -0.897. The third-order valence-corrected chi connectivity index (χ3v) is 4.12. The molecule has 136 valence electrons. The van der Waals surface area contributed by atoms with Crippen LogP contribution >= 0.6 is 0 Å². The van der Waals surface area contributed by atoms with Crippen molar-refractivity contribution in [3.05, 3.63) is 65.3 Å². The lowest BCUT2D eigenvalue weighted by atomic mass is 9.99. The molecule has 0 bridgehead atoms. The maximum atomic E-state index is 12.8. The molecular weight excluding hydrogens is 351 g/mol. The first-order valence-corrected chi connectivity index (χ1v) is 7.76. The number of nitrogens with zero attached hydrogens (tertiary/aromatic N) is 1. The number of carbonyl (C=O) groups excluding carboxylic acids is 2. The molecule has 3 rings (SSSR count). The topological polar surface area (TPSA) is 70.8 Å². The van der Waals surface area contributed by atoms with E-state index in [9.17, 15) is 27.9 Å². The summed E-state index contributed by atoms with van der Waals surface area (Å²) in [5, 5.41) is 10.2. The molecule has 0 aliphatic carbocycles. The fraction of sp³-hybridized carbons (Fsp3) is 0.222. The largest absolute Gasteiger partial charge is 0.503 e. The quantitative estimate of drug-likeness (QED) is 0.883. The minimum Gasteiger partial charge on any atom is -0.503 e. The van der Waals surface area contributed by atoms with Crippen molar-refractivity contribution in [2.24, 2.45) is 0 Å². The fourth-order valence-electron chi connectivity index (χ4n) is 2.87. The van der Waals surface area contributed by atoms with Crippen LogP contribution in [-0.4, -0.2) is 16.8 Å². The lowest BCUT2D eigenvalue weighted by Gasteiger charge is -2.25. The molecule has 2 aromatic rings. The van der Waals surface area contributed by atoms with Gasteiger partial charge in [0.25, 0.3) is 5.91 Å². The Kier molecular flexibility index (Phi) is 4.35. The summed E-state index contributed by atoms with van der Waals surface area (Å²) in [6, 6.07) is 5.93. The second-order valence-corrected chi connectivity index (χ2v) is 5.68. The number of anilines is 1.